The summed E-state index contributed by atoms with van der Waals surface area (Å²) >= 11 is 0. The van der Waals surface area contributed by atoms with E-state index in [0.717, 1.165) is 16.7 Å². The van der Waals surface area contributed by atoms with Gasteiger partial charge in [0.25, 0.3) is 0 Å². The molecule has 1 N–H and O–H groups in total. The lowest BCUT2D eigenvalue weighted by molar-refractivity contribution is -0.250. The topological polar surface area (TPSA) is 57.2 Å². The van der Waals surface area contributed by atoms with Crippen molar-refractivity contribution in [2.24, 2.45) is 0 Å². The van der Waals surface area contributed by atoms with Crippen LogP contribution >= 0.6 is 0 Å². The molecule has 1 saturated carbocycles. The van der Waals surface area contributed by atoms with Crippen molar-refractivity contribution in [2.75, 3.05) is 0 Å². The monoisotopic (exact) mass is 432 g/mol. The zero-order valence-corrected chi connectivity index (χ0v) is 18.1. The highest BCUT2D eigenvalue weighted by Gasteiger charge is 2.85. The van der Waals surface area contributed by atoms with Gasteiger partial charge in [0.1, 0.15) is 12.2 Å². The largest absolute Gasteiger partial charge is 0.367 e. The van der Waals surface area contributed by atoms with Crippen LogP contribution < -0.4 is 0 Å². The molecular formula is C27H28O5. The maximum Gasteiger partial charge on any atom is 0.187 e. The summed E-state index contributed by atoms with van der Waals surface area (Å²) in [5.41, 5.74) is 1.16. The van der Waals surface area contributed by atoms with Crippen molar-refractivity contribution in [1.82, 2.24) is 0 Å². The third kappa shape index (κ3) is 3.76. The van der Waals surface area contributed by atoms with Gasteiger partial charge in [-0.05, 0) is 23.6 Å². The van der Waals surface area contributed by atoms with Gasteiger partial charge in [0, 0.05) is 0 Å². The Kier molecular flexibility index (Phi) is 5.84. The van der Waals surface area contributed by atoms with Crippen molar-refractivity contribution in [3.05, 3.63) is 108 Å². The number of rotatable bonds is 9. The van der Waals surface area contributed by atoms with Crippen LogP contribution in [-0.2, 0) is 38.8 Å². The van der Waals surface area contributed by atoms with Crippen LogP contribution in [-0.4, -0.2) is 34.8 Å². The molecule has 1 aliphatic carbocycles. The van der Waals surface area contributed by atoms with E-state index in [2.05, 4.69) is 0 Å². The van der Waals surface area contributed by atoms with Crippen molar-refractivity contribution in [2.45, 2.75) is 56.4 Å². The first kappa shape index (κ1) is 21.3. The van der Waals surface area contributed by atoms with Gasteiger partial charge in [-0.1, -0.05) is 91.0 Å². The molecule has 5 atom stereocenters. The predicted molar refractivity (Wildman–Crippen MR) is 119 cm³/mol. The molecule has 5 heteroatoms. The number of benzene rings is 3. The van der Waals surface area contributed by atoms with E-state index in [4.69, 9.17) is 18.9 Å². The summed E-state index contributed by atoms with van der Waals surface area (Å²) in [5, 5.41) is 10.8. The maximum absolute atomic E-state index is 10.8. The van der Waals surface area contributed by atoms with Crippen LogP contribution in [0.3, 0.4) is 0 Å². The maximum atomic E-state index is 10.8. The second kappa shape index (κ2) is 8.77. The van der Waals surface area contributed by atoms with Crippen LogP contribution in [0.4, 0.5) is 0 Å². The minimum atomic E-state index is -1.11. The summed E-state index contributed by atoms with van der Waals surface area (Å²) in [6.45, 7) is 3.01. The lowest BCUT2D eigenvalue weighted by atomic mass is 9.95. The highest BCUT2D eigenvalue weighted by Crippen LogP contribution is 2.61. The standard InChI is InChI=1S/C27H28O5/c1-26(30-18-21-13-7-3-8-14-21)25(28)32-24-23(29-17-20-11-5-2-6-12-20)27(24,26)31-19-22-15-9-4-10-16-22/h2-16,23-25,28H,17-19H2,1H3/t23?,24-,25?,26+,27-/m1/s1. The molecular weight excluding hydrogens is 404 g/mol. The Hall–Kier alpha value is -2.54. The summed E-state index contributed by atoms with van der Waals surface area (Å²) < 4.78 is 25.0. The van der Waals surface area contributed by atoms with Crippen molar-refractivity contribution < 1.29 is 24.1 Å². The van der Waals surface area contributed by atoms with Crippen molar-refractivity contribution in [1.29, 1.82) is 0 Å². The molecule has 0 amide bonds. The van der Waals surface area contributed by atoms with E-state index in [1.807, 2.05) is 97.9 Å². The summed E-state index contributed by atoms with van der Waals surface area (Å²) in [5.74, 6) is 0. The fraction of sp³-hybridized carbons (Fsp3) is 0.333. The molecule has 5 nitrogen and oxygen atoms in total. The first-order chi connectivity index (χ1) is 15.6. The number of hydrogen-bond donors (Lipinski definition) is 1. The van der Waals surface area contributed by atoms with E-state index in [1.54, 1.807) is 0 Å². The Morgan fingerprint density at radius 2 is 1.19 bits per heavy atom. The molecule has 5 rings (SSSR count). The summed E-state index contributed by atoms with van der Waals surface area (Å²) in [6, 6.07) is 29.9. The summed E-state index contributed by atoms with van der Waals surface area (Å²) in [7, 11) is 0. The third-order valence-corrected chi connectivity index (χ3v) is 6.51. The molecule has 166 valence electrons. The molecule has 1 saturated heterocycles. The molecule has 2 unspecified atom stereocenters. The Morgan fingerprint density at radius 1 is 0.719 bits per heavy atom. The van der Waals surface area contributed by atoms with Gasteiger partial charge in [0.2, 0.25) is 0 Å². The quantitative estimate of drug-likeness (QED) is 0.548. The third-order valence-electron chi connectivity index (χ3n) is 6.51. The second-order valence-corrected chi connectivity index (χ2v) is 8.57. The molecule has 0 bridgehead atoms. The van der Waals surface area contributed by atoms with Crippen molar-refractivity contribution in [3.8, 4) is 0 Å². The van der Waals surface area contributed by atoms with E-state index in [0.29, 0.717) is 19.8 Å². The highest BCUT2D eigenvalue weighted by atomic mass is 16.7. The number of ether oxygens (including phenoxy) is 4. The molecule has 3 aromatic rings. The number of aliphatic hydroxyl groups is 1. The van der Waals surface area contributed by atoms with E-state index < -0.39 is 23.6 Å². The van der Waals surface area contributed by atoms with Gasteiger partial charge >= 0.3 is 0 Å². The molecule has 1 heterocycles. The van der Waals surface area contributed by atoms with E-state index in [1.165, 1.54) is 0 Å². The minimum Gasteiger partial charge on any atom is -0.367 e. The Balaban J connectivity index is 1.37. The number of hydrogen-bond acceptors (Lipinski definition) is 5. The zero-order valence-electron chi connectivity index (χ0n) is 18.1. The summed E-state index contributed by atoms with van der Waals surface area (Å²) in [4.78, 5) is 0. The van der Waals surface area contributed by atoms with Crippen LogP contribution in [0.2, 0.25) is 0 Å². The van der Waals surface area contributed by atoms with E-state index >= 15 is 0 Å². The fourth-order valence-electron chi connectivity index (χ4n) is 4.55. The lowest BCUT2D eigenvalue weighted by Crippen LogP contribution is -2.54. The van der Waals surface area contributed by atoms with E-state index in [-0.39, 0.29) is 6.10 Å². The van der Waals surface area contributed by atoms with Crippen LogP contribution in [0.15, 0.2) is 91.0 Å². The molecule has 32 heavy (non-hydrogen) atoms. The van der Waals surface area contributed by atoms with E-state index in [9.17, 15) is 5.11 Å². The number of aliphatic hydroxyl groups excluding tert-OH is 1. The Bertz CT molecular complexity index is 1010. The Labute approximate surface area is 188 Å². The van der Waals surface area contributed by atoms with Gasteiger partial charge in [-0.2, -0.15) is 0 Å². The zero-order chi connectivity index (χ0) is 22.0. The molecule has 0 aromatic heterocycles. The molecule has 0 radical (unpaired) electrons. The van der Waals surface area contributed by atoms with Gasteiger partial charge in [-0.3, -0.25) is 0 Å². The van der Waals surface area contributed by atoms with Crippen LogP contribution in [0.5, 0.6) is 0 Å². The van der Waals surface area contributed by atoms with Crippen molar-refractivity contribution >= 4 is 0 Å². The van der Waals surface area contributed by atoms with Gasteiger partial charge < -0.3 is 24.1 Å². The van der Waals surface area contributed by atoms with Crippen molar-refractivity contribution in [3.63, 3.8) is 0 Å². The fourth-order valence-corrected chi connectivity index (χ4v) is 4.55. The predicted octanol–water partition coefficient (Wildman–Crippen LogP) is 4.23. The highest BCUT2D eigenvalue weighted by molar-refractivity contribution is 5.33. The first-order valence-corrected chi connectivity index (χ1v) is 11.0. The van der Waals surface area contributed by atoms with Crippen LogP contribution in [0, 0.1) is 0 Å². The lowest BCUT2D eigenvalue weighted by Gasteiger charge is -2.37. The van der Waals surface area contributed by atoms with Crippen LogP contribution in [0.25, 0.3) is 0 Å². The van der Waals surface area contributed by atoms with Gasteiger partial charge in [-0.25, -0.2) is 0 Å². The van der Waals surface area contributed by atoms with Gasteiger partial charge in [0.05, 0.1) is 19.8 Å². The number of fused-ring (bicyclic) bond motifs is 1. The minimum absolute atomic E-state index is 0.337. The molecule has 3 aromatic carbocycles. The Morgan fingerprint density at radius 3 is 1.72 bits per heavy atom. The molecule has 1 aliphatic heterocycles. The average molecular weight is 433 g/mol. The van der Waals surface area contributed by atoms with Crippen LogP contribution in [0.1, 0.15) is 23.6 Å². The van der Waals surface area contributed by atoms with Gasteiger partial charge in [0.15, 0.2) is 17.5 Å². The molecule has 2 fully saturated rings. The first-order valence-electron chi connectivity index (χ1n) is 11.0. The summed E-state index contributed by atoms with van der Waals surface area (Å²) in [6.07, 6.45) is -1.84. The smallest absolute Gasteiger partial charge is 0.187 e. The second-order valence-electron chi connectivity index (χ2n) is 8.57. The average Bonchev–Trinajstić information content (AvgIpc) is 3.41. The SMILES string of the molecule is C[C@]1(OCc2ccccc2)C(O)O[C@@H]2C(OCc3ccccc3)[C@@]21OCc1ccccc1. The molecule has 2 aliphatic rings. The normalized spacial score (nSPS) is 30.8. The van der Waals surface area contributed by atoms with Gasteiger partial charge in [-0.15, -0.1) is 0 Å². The molecule has 0 spiro atoms.